The Hall–Kier alpha value is -3.02. The number of likely N-dealkylation sites (tertiary alicyclic amines) is 1. The van der Waals surface area contributed by atoms with Crippen molar-refractivity contribution in [3.05, 3.63) is 24.0 Å². The number of hydrogen-bond donors (Lipinski definition) is 2. The molecule has 12 heteroatoms. The Bertz CT molecular complexity index is 953. The van der Waals surface area contributed by atoms with Gasteiger partial charge in [0.1, 0.15) is 11.9 Å². The highest BCUT2D eigenvalue weighted by Gasteiger charge is 2.35. The Balaban J connectivity index is 1.52. The van der Waals surface area contributed by atoms with E-state index in [1.165, 1.54) is 16.7 Å². The Labute approximate surface area is 183 Å². The second-order valence-corrected chi connectivity index (χ2v) is 8.14. The van der Waals surface area contributed by atoms with Crippen LogP contribution in [0.5, 0.6) is 5.88 Å². The summed E-state index contributed by atoms with van der Waals surface area (Å²) in [6.07, 6.45) is 0.490. The van der Waals surface area contributed by atoms with Gasteiger partial charge in [0, 0.05) is 31.1 Å². The third-order valence-corrected chi connectivity index (χ3v) is 5.57. The summed E-state index contributed by atoms with van der Waals surface area (Å²) in [7, 11) is 1.32. The van der Waals surface area contributed by atoms with Gasteiger partial charge in [-0.15, -0.1) is 0 Å². The van der Waals surface area contributed by atoms with E-state index < -0.39 is 18.1 Å². The normalized spacial score (nSPS) is 19.8. The topological polar surface area (TPSA) is 115 Å². The van der Waals surface area contributed by atoms with Crippen LogP contribution in [0, 0.1) is 0 Å². The van der Waals surface area contributed by atoms with Gasteiger partial charge < -0.3 is 24.8 Å². The minimum Gasteiger partial charge on any atom is -0.470 e. The maximum atomic E-state index is 13.5. The zero-order chi connectivity index (χ0) is 22.9. The highest BCUT2D eigenvalue weighted by Crippen LogP contribution is 2.34. The van der Waals surface area contributed by atoms with Gasteiger partial charge in [-0.2, -0.15) is 15.1 Å². The van der Waals surface area contributed by atoms with Crippen molar-refractivity contribution < 1.29 is 28.2 Å². The number of methoxy groups -OCH3 is 1. The molecular formula is C20H26F2N6O4. The van der Waals surface area contributed by atoms with Crippen LogP contribution < -0.4 is 10.1 Å². The number of nitrogens with zero attached hydrogens (tertiary/aromatic N) is 5. The molecule has 1 atom stereocenters. The zero-order valence-electron chi connectivity index (χ0n) is 17.9. The van der Waals surface area contributed by atoms with Crippen molar-refractivity contribution in [1.82, 2.24) is 24.6 Å². The van der Waals surface area contributed by atoms with Crippen molar-refractivity contribution >= 4 is 11.9 Å². The number of rotatable bonds is 6. The molecule has 1 aliphatic carbocycles. The fourth-order valence-electron chi connectivity index (χ4n) is 3.68. The number of aliphatic hydroxyl groups is 1. The number of alkyl halides is 2. The Morgan fingerprint density at radius 1 is 1.31 bits per heavy atom. The number of aromatic nitrogens is 4. The number of aliphatic hydroxyl groups excluding tert-OH is 1. The first-order valence-electron chi connectivity index (χ1n) is 10.5. The van der Waals surface area contributed by atoms with Crippen molar-refractivity contribution in [2.45, 2.75) is 56.8 Å². The van der Waals surface area contributed by atoms with E-state index in [4.69, 9.17) is 4.74 Å². The van der Waals surface area contributed by atoms with Gasteiger partial charge in [-0.1, -0.05) is 0 Å². The third-order valence-electron chi connectivity index (χ3n) is 5.57. The van der Waals surface area contributed by atoms with Crippen LogP contribution in [0.1, 0.15) is 44.4 Å². The number of halogens is 2. The van der Waals surface area contributed by atoms with Crippen molar-refractivity contribution in [2.75, 3.05) is 25.5 Å². The molecule has 3 heterocycles. The number of nitrogens with one attached hydrogen (secondary N) is 1. The number of amides is 1. The van der Waals surface area contributed by atoms with Crippen LogP contribution in [0.25, 0.3) is 5.95 Å². The van der Waals surface area contributed by atoms with Crippen LogP contribution in [-0.4, -0.2) is 74.1 Å². The standard InChI is InChI=1S/C20H26F2N6O4/c1-12(29)15-5-8-28(26-15)18-24-16(23-13-3-6-20(21,22)7-4-13)9-17(25-18)32-14-10-27(11-14)19(30)31-2/h5,8-9,12-14,29H,3-4,6-7,10-11H2,1-2H3,(H,23,24,25). The Morgan fingerprint density at radius 2 is 2.03 bits per heavy atom. The van der Waals surface area contributed by atoms with Crippen molar-refractivity contribution in [3.8, 4) is 11.8 Å². The number of ether oxygens (including phenoxy) is 2. The van der Waals surface area contributed by atoms with Crippen LogP contribution in [0.3, 0.4) is 0 Å². The van der Waals surface area contributed by atoms with Crippen LogP contribution in [0.15, 0.2) is 18.3 Å². The highest BCUT2D eigenvalue weighted by molar-refractivity contribution is 5.68. The maximum Gasteiger partial charge on any atom is 0.409 e. The second kappa shape index (κ2) is 8.85. The predicted octanol–water partition coefficient (Wildman–Crippen LogP) is 2.53. The summed E-state index contributed by atoms with van der Waals surface area (Å²) in [4.78, 5) is 21.9. The summed E-state index contributed by atoms with van der Waals surface area (Å²) in [5, 5.41) is 17.2. The molecule has 1 saturated heterocycles. The van der Waals surface area contributed by atoms with E-state index in [1.54, 1.807) is 25.3 Å². The molecule has 0 radical (unpaired) electrons. The molecule has 2 aliphatic rings. The first-order chi connectivity index (χ1) is 15.2. The van der Waals surface area contributed by atoms with Gasteiger partial charge >= 0.3 is 6.09 Å². The Morgan fingerprint density at radius 3 is 2.66 bits per heavy atom. The molecule has 1 amide bonds. The molecule has 1 saturated carbocycles. The molecule has 0 bridgehead atoms. The van der Waals surface area contributed by atoms with Gasteiger partial charge in [0.05, 0.1) is 32.0 Å². The first-order valence-corrected chi connectivity index (χ1v) is 10.5. The van der Waals surface area contributed by atoms with Crippen LogP contribution >= 0.6 is 0 Å². The minimum absolute atomic E-state index is 0.144. The lowest BCUT2D eigenvalue weighted by atomic mass is 9.92. The molecule has 2 aromatic heterocycles. The molecule has 0 aromatic carbocycles. The molecule has 174 valence electrons. The van der Waals surface area contributed by atoms with Crippen molar-refractivity contribution in [1.29, 1.82) is 0 Å². The van der Waals surface area contributed by atoms with Gasteiger partial charge in [0.2, 0.25) is 11.8 Å². The van der Waals surface area contributed by atoms with Crippen LogP contribution in [0.2, 0.25) is 0 Å². The highest BCUT2D eigenvalue weighted by atomic mass is 19.3. The smallest absolute Gasteiger partial charge is 0.409 e. The summed E-state index contributed by atoms with van der Waals surface area (Å²) in [6.45, 7) is 2.32. The number of anilines is 1. The molecule has 2 fully saturated rings. The third kappa shape index (κ3) is 5.06. The van der Waals surface area contributed by atoms with Gasteiger partial charge in [0.15, 0.2) is 0 Å². The molecule has 1 aliphatic heterocycles. The average Bonchev–Trinajstić information content (AvgIpc) is 3.22. The lowest BCUT2D eigenvalue weighted by Crippen LogP contribution is -2.56. The van der Waals surface area contributed by atoms with Gasteiger partial charge in [-0.05, 0) is 25.8 Å². The molecule has 32 heavy (non-hydrogen) atoms. The number of hydrogen-bond acceptors (Lipinski definition) is 8. The summed E-state index contributed by atoms with van der Waals surface area (Å²) in [5.41, 5.74) is 0.455. The number of carbonyl (C=O) groups is 1. The second-order valence-electron chi connectivity index (χ2n) is 8.14. The quantitative estimate of drug-likeness (QED) is 0.687. The van der Waals surface area contributed by atoms with Gasteiger partial charge in [-0.3, -0.25) is 0 Å². The van der Waals surface area contributed by atoms with E-state index in [9.17, 15) is 18.7 Å². The van der Waals surface area contributed by atoms with Gasteiger partial charge in [-0.25, -0.2) is 18.3 Å². The summed E-state index contributed by atoms with van der Waals surface area (Å²) in [6, 6.07) is 3.11. The maximum absolute atomic E-state index is 13.5. The number of carbonyl (C=O) groups excluding carboxylic acids is 1. The van der Waals surface area contributed by atoms with E-state index in [-0.39, 0.29) is 36.8 Å². The van der Waals surface area contributed by atoms with Gasteiger partial charge in [0.25, 0.3) is 5.95 Å². The van der Waals surface area contributed by atoms with Crippen molar-refractivity contribution in [3.63, 3.8) is 0 Å². The van der Waals surface area contributed by atoms with Crippen LogP contribution in [0.4, 0.5) is 19.4 Å². The fourth-order valence-corrected chi connectivity index (χ4v) is 3.68. The largest absolute Gasteiger partial charge is 0.470 e. The van der Waals surface area contributed by atoms with E-state index in [0.717, 1.165) is 0 Å². The Kier molecular flexibility index (Phi) is 6.13. The van der Waals surface area contributed by atoms with Crippen molar-refractivity contribution in [2.24, 2.45) is 0 Å². The molecule has 0 spiro atoms. The van der Waals surface area contributed by atoms with E-state index in [2.05, 4.69) is 25.1 Å². The molecule has 2 N–H and O–H groups in total. The molecule has 10 nitrogen and oxygen atoms in total. The molecular weight excluding hydrogens is 426 g/mol. The molecule has 2 aromatic rings. The van der Waals surface area contributed by atoms with E-state index in [1.807, 2.05) is 0 Å². The summed E-state index contributed by atoms with van der Waals surface area (Å²) in [5.74, 6) is -1.71. The van der Waals surface area contributed by atoms with Crippen LogP contribution in [-0.2, 0) is 4.74 Å². The zero-order valence-corrected chi connectivity index (χ0v) is 17.9. The summed E-state index contributed by atoms with van der Waals surface area (Å²) < 4.78 is 39.0. The SMILES string of the molecule is COC(=O)N1CC(Oc2cc(NC3CCC(F)(F)CC3)nc(-n3ccc(C(C)O)n3)n2)C1. The fraction of sp³-hybridized carbons (Fsp3) is 0.600. The lowest BCUT2D eigenvalue weighted by molar-refractivity contribution is -0.0361. The monoisotopic (exact) mass is 452 g/mol. The molecule has 1 unspecified atom stereocenters. The van der Waals surface area contributed by atoms with E-state index >= 15 is 0 Å². The molecule has 4 rings (SSSR count). The first kappa shape index (κ1) is 22.2. The summed E-state index contributed by atoms with van der Waals surface area (Å²) >= 11 is 0. The lowest BCUT2D eigenvalue weighted by Gasteiger charge is -2.37. The average molecular weight is 452 g/mol. The minimum atomic E-state index is -2.62. The predicted molar refractivity (Wildman–Crippen MR) is 109 cm³/mol. The van der Waals surface area contributed by atoms with E-state index in [0.29, 0.717) is 37.4 Å².